The van der Waals surface area contributed by atoms with Gasteiger partial charge in [-0.15, -0.1) is 0 Å². The normalized spacial score (nSPS) is 11.3. The lowest BCUT2D eigenvalue weighted by Crippen LogP contribution is -2.23. The van der Waals surface area contributed by atoms with Crippen molar-refractivity contribution in [1.82, 2.24) is 0 Å². The highest BCUT2D eigenvalue weighted by Crippen LogP contribution is 2.18. The van der Waals surface area contributed by atoms with Crippen LogP contribution in [-0.2, 0) is 4.79 Å². The number of ketones is 1. The summed E-state index contributed by atoms with van der Waals surface area (Å²) >= 11 is 0. The van der Waals surface area contributed by atoms with Gasteiger partial charge < -0.3 is 4.90 Å². The first-order valence-electron chi connectivity index (χ1n) is 11.1. The molecule has 3 nitrogen and oxygen atoms in total. The summed E-state index contributed by atoms with van der Waals surface area (Å²) < 4.78 is 0. The number of carbonyl (C=O) groups is 1. The summed E-state index contributed by atoms with van der Waals surface area (Å²) in [7, 11) is 0. The maximum atomic E-state index is 11.4. The minimum absolute atomic E-state index is 0.192. The van der Waals surface area contributed by atoms with E-state index in [9.17, 15) is 4.79 Å². The van der Waals surface area contributed by atoms with Crippen molar-refractivity contribution in [3.63, 3.8) is 0 Å². The number of nitrogens with zero attached hydrogens (tertiary/aromatic N) is 2. The molecular formula is C25H38N2O. The molecule has 0 N–H and O–H groups in total. The zero-order chi connectivity index (χ0) is 20.6. The topological polar surface area (TPSA) is 44.1 Å². The SMILES string of the molecule is CCCCCCCCCCCCN(CC)c1ccc(C=C(C#N)C(C)=O)cc1. The fourth-order valence-electron chi connectivity index (χ4n) is 3.42. The Bertz CT molecular complexity index is 625. The predicted octanol–water partition coefficient (Wildman–Crippen LogP) is 6.93. The molecule has 0 saturated carbocycles. The Morgan fingerprint density at radius 3 is 1.93 bits per heavy atom. The van der Waals surface area contributed by atoms with Crippen molar-refractivity contribution in [1.29, 1.82) is 5.26 Å². The van der Waals surface area contributed by atoms with E-state index < -0.39 is 0 Å². The van der Waals surface area contributed by atoms with Crippen LogP contribution in [0, 0.1) is 11.3 Å². The molecule has 0 atom stereocenters. The maximum absolute atomic E-state index is 11.4. The Balaban J connectivity index is 2.34. The van der Waals surface area contributed by atoms with Gasteiger partial charge in [-0.2, -0.15) is 5.26 Å². The van der Waals surface area contributed by atoms with Crippen LogP contribution in [0.15, 0.2) is 29.8 Å². The lowest BCUT2D eigenvalue weighted by molar-refractivity contribution is -0.113. The van der Waals surface area contributed by atoms with Crippen LogP contribution in [0.4, 0.5) is 5.69 Å². The van der Waals surface area contributed by atoms with Gasteiger partial charge in [0.1, 0.15) is 6.07 Å². The molecule has 0 saturated heterocycles. The molecule has 0 aliphatic rings. The maximum Gasteiger partial charge on any atom is 0.170 e. The Morgan fingerprint density at radius 2 is 1.46 bits per heavy atom. The molecule has 0 aliphatic heterocycles. The number of rotatable bonds is 15. The van der Waals surface area contributed by atoms with E-state index in [2.05, 4.69) is 30.9 Å². The van der Waals surface area contributed by atoms with Crippen molar-refractivity contribution in [3.05, 3.63) is 35.4 Å². The van der Waals surface area contributed by atoms with Crippen LogP contribution in [0.2, 0.25) is 0 Å². The summed E-state index contributed by atoms with van der Waals surface area (Å²) in [4.78, 5) is 13.8. The van der Waals surface area contributed by atoms with Crippen LogP contribution in [0.5, 0.6) is 0 Å². The number of Topliss-reactive ketones (excluding diaryl/α,β-unsaturated/α-hetero) is 1. The third-order valence-electron chi connectivity index (χ3n) is 5.23. The smallest absolute Gasteiger partial charge is 0.170 e. The fourth-order valence-corrected chi connectivity index (χ4v) is 3.42. The molecule has 1 rings (SSSR count). The van der Waals surface area contributed by atoms with Crippen molar-refractivity contribution in [2.24, 2.45) is 0 Å². The van der Waals surface area contributed by atoms with E-state index in [1.807, 2.05) is 18.2 Å². The highest BCUT2D eigenvalue weighted by molar-refractivity contribution is 6.01. The highest BCUT2D eigenvalue weighted by atomic mass is 16.1. The third kappa shape index (κ3) is 9.74. The standard InChI is InChI=1S/C25H38N2O/c1-4-6-7-8-9-10-11-12-13-14-19-27(5-2)25-17-15-23(16-18-25)20-24(21-26)22(3)28/h15-18,20H,4-14,19H2,1-3H3. The van der Waals surface area contributed by atoms with Crippen molar-refractivity contribution in [2.45, 2.75) is 85.0 Å². The van der Waals surface area contributed by atoms with Gasteiger partial charge in [0.05, 0.1) is 5.57 Å². The first-order chi connectivity index (χ1) is 13.6. The van der Waals surface area contributed by atoms with Gasteiger partial charge in [-0.25, -0.2) is 0 Å². The van der Waals surface area contributed by atoms with Crippen LogP contribution in [0.3, 0.4) is 0 Å². The molecule has 0 aliphatic carbocycles. The molecule has 0 radical (unpaired) electrons. The molecule has 28 heavy (non-hydrogen) atoms. The molecule has 1 aromatic carbocycles. The molecule has 0 spiro atoms. The minimum atomic E-state index is -0.192. The van der Waals surface area contributed by atoms with Gasteiger partial charge in [-0.3, -0.25) is 4.79 Å². The van der Waals surface area contributed by atoms with Gasteiger partial charge >= 0.3 is 0 Å². The van der Waals surface area contributed by atoms with Crippen LogP contribution >= 0.6 is 0 Å². The fraction of sp³-hybridized carbons (Fsp3) is 0.600. The Kier molecular flexibility index (Phi) is 12.8. The van der Waals surface area contributed by atoms with Crippen molar-refractivity contribution in [2.75, 3.05) is 18.0 Å². The van der Waals surface area contributed by atoms with Crippen molar-refractivity contribution < 1.29 is 4.79 Å². The molecule has 1 aromatic rings. The molecule has 3 heteroatoms. The molecule has 0 heterocycles. The molecular weight excluding hydrogens is 344 g/mol. The van der Waals surface area contributed by atoms with Gasteiger partial charge in [0.25, 0.3) is 0 Å². The number of allylic oxidation sites excluding steroid dienone is 1. The lowest BCUT2D eigenvalue weighted by atomic mass is 10.1. The first-order valence-corrected chi connectivity index (χ1v) is 11.1. The average Bonchev–Trinajstić information content (AvgIpc) is 2.71. The van der Waals surface area contributed by atoms with Crippen LogP contribution < -0.4 is 4.90 Å². The van der Waals surface area contributed by atoms with Gasteiger partial charge in [-0.1, -0.05) is 76.8 Å². The average molecular weight is 383 g/mol. The van der Waals surface area contributed by atoms with Crippen LogP contribution in [0.25, 0.3) is 6.08 Å². The van der Waals surface area contributed by atoms with Crippen molar-refractivity contribution in [3.8, 4) is 6.07 Å². The largest absolute Gasteiger partial charge is 0.372 e. The van der Waals surface area contributed by atoms with E-state index in [1.165, 1.54) is 76.8 Å². The van der Waals surface area contributed by atoms with Crippen LogP contribution in [-0.4, -0.2) is 18.9 Å². The van der Waals surface area contributed by atoms with E-state index in [0.29, 0.717) is 0 Å². The van der Waals surface area contributed by atoms with Crippen LogP contribution in [0.1, 0.15) is 90.5 Å². The van der Waals surface area contributed by atoms with E-state index in [-0.39, 0.29) is 11.4 Å². The second-order valence-electron chi connectivity index (χ2n) is 7.58. The summed E-state index contributed by atoms with van der Waals surface area (Å²) in [6, 6.07) is 10.1. The monoisotopic (exact) mass is 382 g/mol. The molecule has 0 unspecified atom stereocenters. The summed E-state index contributed by atoms with van der Waals surface area (Å²) in [6.07, 6.45) is 15.2. The van der Waals surface area contributed by atoms with E-state index in [1.54, 1.807) is 6.08 Å². The third-order valence-corrected chi connectivity index (χ3v) is 5.23. The van der Waals surface area contributed by atoms with E-state index >= 15 is 0 Å². The molecule has 154 valence electrons. The molecule has 0 amide bonds. The van der Waals surface area contributed by atoms with E-state index in [4.69, 9.17) is 5.26 Å². The quantitative estimate of drug-likeness (QED) is 0.188. The van der Waals surface area contributed by atoms with E-state index in [0.717, 1.165) is 18.7 Å². The number of carbonyl (C=O) groups excluding carboxylic acids is 1. The lowest BCUT2D eigenvalue weighted by Gasteiger charge is -2.23. The Hall–Kier alpha value is -2.08. The number of benzene rings is 1. The van der Waals surface area contributed by atoms with Gasteiger partial charge in [0, 0.05) is 18.8 Å². The van der Waals surface area contributed by atoms with Gasteiger partial charge in [-0.05, 0) is 44.0 Å². The van der Waals surface area contributed by atoms with Gasteiger partial charge in [0.15, 0.2) is 5.78 Å². The summed E-state index contributed by atoms with van der Waals surface area (Å²) in [5.74, 6) is -0.192. The summed E-state index contributed by atoms with van der Waals surface area (Å²) in [5, 5.41) is 9.01. The van der Waals surface area contributed by atoms with Gasteiger partial charge in [0.2, 0.25) is 0 Å². The minimum Gasteiger partial charge on any atom is -0.372 e. The zero-order valence-corrected chi connectivity index (χ0v) is 18.2. The zero-order valence-electron chi connectivity index (χ0n) is 18.2. The number of nitriles is 1. The second kappa shape index (κ2) is 14.9. The molecule has 0 bridgehead atoms. The second-order valence-corrected chi connectivity index (χ2v) is 7.58. The summed E-state index contributed by atoms with van der Waals surface area (Å²) in [5.41, 5.74) is 2.30. The molecule has 0 aromatic heterocycles. The highest BCUT2D eigenvalue weighted by Gasteiger charge is 2.05. The van der Waals surface area contributed by atoms with Crippen molar-refractivity contribution >= 4 is 17.5 Å². The number of anilines is 1. The Labute approximate surface area is 172 Å². The predicted molar refractivity (Wildman–Crippen MR) is 120 cm³/mol. The number of hydrogen-bond donors (Lipinski definition) is 0. The number of hydrogen-bond acceptors (Lipinski definition) is 3. The number of unbranched alkanes of at least 4 members (excludes halogenated alkanes) is 9. The molecule has 0 fully saturated rings. The Morgan fingerprint density at radius 1 is 0.929 bits per heavy atom. The summed E-state index contributed by atoms with van der Waals surface area (Å²) in [6.45, 7) is 7.95. The first kappa shape index (κ1) is 24.0.